The Hall–Kier alpha value is -0.0800. The van der Waals surface area contributed by atoms with Gasteiger partial charge >= 0.3 is 0 Å². The summed E-state index contributed by atoms with van der Waals surface area (Å²) in [6.45, 7) is 7.84. The van der Waals surface area contributed by atoms with Crippen LogP contribution in [0.2, 0.25) is 0 Å². The normalized spacial score (nSPS) is 31.3. The van der Waals surface area contributed by atoms with E-state index in [1.54, 1.807) is 0 Å². The van der Waals surface area contributed by atoms with Crippen molar-refractivity contribution in [3.8, 4) is 0 Å². The van der Waals surface area contributed by atoms with Crippen molar-refractivity contribution < 1.29 is 4.74 Å². The molecule has 2 rings (SSSR count). The molecule has 2 nitrogen and oxygen atoms in total. The Morgan fingerprint density at radius 2 is 1.79 bits per heavy atom. The molecule has 0 aromatic carbocycles. The molecule has 0 spiro atoms. The van der Waals surface area contributed by atoms with Gasteiger partial charge in [-0.05, 0) is 50.0 Å². The Morgan fingerprint density at radius 3 is 2.47 bits per heavy atom. The van der Waals surface area contributed by atoms with Crippen molar-refractivity contribution in [1.82, 2.24) is 5.32 Å². The van der Waals surface area contributed by atoms with Crippen LogP contribution in [0.3, 0.4) is 0 Å². The molecular formula is C17H33NO. The fourth-order valence-corrected chi connectivity index (χ4v) is 4.27. The number of hydrogen-bond acceptors (Lipinski definition) is 2. The molecule has 3 atom stereocenters. The first-order chi connectivity index (χ1) is 9.36. The molecule has 3 unspecified atom stereocenters. The molecule has 2 heteroatoms. The number of hydrogen-bond donors (Lipinski definition) is 1. The zero-order valence-corrected chi connectivity index (χ0v) is 13.0. The molecule has 1 aliphatic carbocycles. The molecule has 112 valence electrons. The van der Waals surface area contributed by atoms with Gasteiger partial charge < -0.3 is 10.1 Å². The Balaban J connectivity index is 2.01. The standard InChI is InChI=1S/C17H33NO/c1-3-11-18-17(15-9-12-19-13-10-15)16-8-6-5-7-14(16)4-2/h14-18H,3-13H2,1-2H3. The molecule has 0 radical (unpaired) electrons. The van der Waals surface area contributed by atoms with Gasteiger partial charge in [-0.25, -0.2) is 0 Å². The van der Waals surface area contributed by atoms with Gasteiger partial charge in [0.15, 0.2) is 0 Å². The van der Waals surface area contributed by atoms with Crippen molar-refractivity contribution in [2.45, 2.75) is 71.3 Å². The number of nitrogens with one attached hydrogen (secondary N) is 1. The van der Waals surface area contributed by atoms with Crippen LogP contribution >= 0.6 is 0 Å². The van der Waals surface area contributed by atoms with E-state index in [-0.39, 0.29) is 0 Å². The predicted octanol–water partition coefficient (Wildman–Crippen LogP) is 4.00. The molecule has 1 aliphatic heterocycles. The van der Waals surface area contributed by atoms with Crippen LogP contribution < -0.4 is 5.32 Å². The highest BCUT2D eigenvalue weighted by Crippen LogP contribution is 2.38. The minimum absolute atomic E-state index is 0.758. The van der Waals surface area contributed by atoms with Crippen molar-refractivity contribution in [3.05, 3.63) is 0 Å². The maximum absolute atomic E-state index is 5.57. The third-order valence-corrected chi connectivity index (χ3v) is 5.36. The van der Waals surface area contributed by atoms with Gasteiger partial charge in [-0.2, -0.15) is 0 Å². The fraction of sp³-hybridized carbons (Fsp3) is 1.00. The van der Waals surface area contributed by atoms with Crippen molar-refractivity contribution in [2.24, 2.45) is 17.8 Å². The van der Waals surface area contributed by atoms with E-state index in [9.17, 15) is 0 Å². The van der Waals surface area contributed by atoms with Gasteiger partial charge in [0.1, 0.15) is 0 Å². The Bertz CT molecular complexity index is 237. The number of rotatable bonds is 6. The van der Waals surface area contributed by atoms with E-state index in [1.165, 1.54) is 57.9 Å². The van der Waals surface area contributed by atoms with Crippen LogP contribution in [0.1, 0.15) is 65.2 Å². The molecule has 1 saturated heterocycles. The maximum atomic E-state index is 5.57. The summed E-state index contributed by atoms with van der Waals surface area (Å²) in [7, 11) is 0. The van der Waals surface area contributed by atoms with Crippen LogP contribution in [0.5, 0.6) is 0 Å². The zero-order chi connectivity index (χ0) is 13.5. The Kier molecular flexibility index (Phi) is 6.66. The maximum Gasteiger partial charge on any atom is 0.0469 e. The van der Waals surface area contributed by atoms with Crippen LogP contribution in [0.15, 0.2) is 0 Å². The summed E-state index contributed by atoms with van der Waals surface area (Å²) in [5.41, 5.74) is 0. The van der Waals surface area contributed by atoms with Gasteiger partial charge in [0.2, 0.25) is 0 Å². The monoisotopic (exact) mass is 267 g/mol. The first-order valence-corrected chi connectivity index (χ1v) is 8.68. The highest BCUT2D eigenvalue weighted by Gasteiger charge is 2.35. The molecule has 19 heavy (non-hydrogen) atoms. The molecule has 0 aromatic rings. The van der Waals surface area contributed by atoms with E-state index in [1.807, 2.05) is 0 Å². The van der Waals surface area contributed by atoms with Crippen molar-refractivity contribution in [3.63, 3.8) is 0 Å². The van der Waals surface area contributed by atoms with E-state index in [4.69, 9.17) is 4.74 Å². The summed E-state index contributed by atoms with van der Waals surface area (Å²) in [5.74, 6) is 2.75. The summed E-state index contributed by atoms with van der Waals surface area (Å²) in [6.07, 6.45) is 11.0. The summed E-state index contributed by atoms with van der Waals surface area (Å²) in [5, 5.41) is 3.92. The molecular weight excluding hydrogens is 234 g/mol. The second kappa shape index (κ2) is 8.26. The van der Waals surface area contributed by atoms with Crippen LogP contribution in [0.25, 0.3) is 0 Å². The Labute approximate surface area is 119 Å². The van der Waals surface area contributed by atoms with Gasteiger partial charge in [0.25, 0.3) is 0 Å². The van der Waals surface area contributed by atoms with Crippen molar-refractivity contribution in [2.75, 3.05) is 19.8 Å². The Morgan fingerprint density at radius 1 is 1.05 bits per heavy atom. The van der Waals surface area contributed by atoms with E-state index in [0.29, 0.717) is 0 Å². The third kappa shape index (κ3) is 4.19. The third-order valence-electron chi connectivity index (χ3n) is 5.36. The molecule has 1 N–H and O–H groups in total. The molecule has 0 aromatic heterocycles. The molecule has 0 bridgehead atoms. The van der Waals surface area contributed by atoms with Gasteiger partial charge in [0.05, 0.1) is 0 Å². The van der Waals surface area contributed by atoms with E-state index in [2.05, 4.69) is 19.2 Å². The van der Waals surface area contributed by atoms with Crippen LogP contribution in [-0.4, -0.2) is 25.8 Å². The summed E-state index contributed by atoms with van der Waals surface area (Å²) >= 11 is 0. The largest absolute Gasteiger partial charge is 0.381 e. The van der Waals surface area contributed by atoms with E-state index in [0.717, 1.165) is 37.0 Å². The summed E-state index contributed by atoms with van der Waals surface area (Å²) in [4.78, 5) is 0. The highest BCUT2D eigenvalue weighted by atomic mass is 16.5. The lowest BCUT2D eigenvalue weighted by molar-refractivity contribution is 0.0308. The van der Waals surface area contributed by atoms with Gasteiger partial charge in [-0.3, -0.25) is 0 Å². The van der Waals surface area contributed by atoms with Crippen molar-refractivity contribution >= 4 is 0 Å². The van der Waals surface area contributed by atoms with Crippen LogP contribution in [0.4, 0.5) is 0 Å². The van der Waals surface area contributed by atoms with Gasteiger partial charge in [-0.15, -0.1) is 0 Å². The number of ether oxygens (including phenoxy) is 1. The quantitative estimate of drug-likeness (QED) is 0.785. The van der Waals surface area contributed by atoms with Gasteiger partial charge in [-0.1, -0.05) is 39.5 Å². The minimum Gasteiger partial charge on any atom is -0.381 e. The van der Waals surface area contributed by atoms with E-state index < -0.39 is 0 Å². The van der Waals surface area contributed by atoms with Crippen molar-refractivity contribution in [1.29, 1.82) is 0 Å². The lowest BCUT2D eigenvalue weighted by Gasteiger charge is -2.42. The topological polar surface area (TPSA) is 21.3 Å². The molecule has 2 aliphatic rings. The molecule has 1 heterocycles. The smallest absolute Gasteiger partial charge is 0.0469 e. The minimum atomic E-state index is 0.758. The first kappa shape index (κ1) is 15.3. The molecule has 1 saturated carbocycles. The second-order valence-corrected chi connectivity index (χ2v) is 6.55. The van der Waals surface area contributed by atoms with E-state index >= 15 is 0 Å². The predicted molar refractivity (Wildman–Crippen MR) is 81.4 cm³/mol. The zero-order valence-electron chi connectivity index (χ0n) is 13.0. The fourth-order valence-electron chi connectivity index (χ4n) is 4.27. The van der Waals surface area contributed by atoms with Crippen LogP contribution in [-0.2, 0) is 4.74 Å². The average Bonchev–Trinajstić information content (AvgIpc) is 2.49. The molecule has 2 fully saturated rings. The lowest BCUT2D eigenvalue weighted by atomic mass is 9.69. The second-order valence-electron chi connectivity index (χ2n) is 6.55. The average molecular weight is 267 g/mol. The molecule has 0 amide bonds. The lowest BCUT2D eigenvalue weighted by Crippen LogP contribution is -2.47. The summed E-state index contributed by atoms with van der Waals surface area (Å²) in [6, 6.07) is 0.758. The first-order valence-electron chi connectivity index (χ1n) is 8.68. The SMILES string of the molecule is CCCNC(C1CCOCC1)C1CCCCC1CC. The highest BCUT2D eigenvalue weighted by molar-refractivity contribution is 4.89. The van der Waals surface area contributed by atoms with Gasteiger partial charge in [0, 0.05) is 19.3 Å². The summed E-state index contributed by atoms with van der Waals surface area (Å²) < 4.78 is 5.57. The van der Waals surface area contributed by atoms with Crippen LogP contribution in [0, 0.1) is 17.8 Å².